The van der Waals surface area contributed by atoms with E-state index in [2.05, 4.69) is 0 Å². The van der Waals surface area contributed by atoms with E-state index >= 15 is 0 Å². The van der Waals surface area contributed by atoms with Crippen molar-refractivity contribution in [3.05, 3.63) is 17.8 Å². The van der Waals surface area contributed by atoms with E-state index in [1.807, 2.05) is 0 Å². The molecule has 0 aromatic rings. The van der Waals surface area contributed by atoms with Crippen LogP contribution in [0, 0.1) is 17.8 Å². The number of hydrogen-bond donors (Lipinski definition) is 0. The molecular formula is C30H29F34-3. The Morgan fingerprint density at radius 3 is 0.719 bits per heavy atom. The number of halogens is 34. The Labute approximate surface area is 337 Å². The van der Waals surface area contributed by atoms with Gasteiger partial charge in [-0.05, 0) is 13.3 Å². The van der Waals surface area contributed by atoms with Gasteiger partial charge in [-0.1, -0.05) is 19.3 Å². The van der Waals surface area contributed by atoms with Crippen LogP contribution in [0.2, 0.25) is 0 Å². The van der Waals surface area contributed by atoms with E-state index in [0.29, 0.717) is 6.92 Å². The standard InChI is InChI=1S/C13H15F12.C10H8F13.C7H6F9/c1-9(14,15)3-2-8(4-10(16,17)6-12(20,21)22)5-11(18,19)7-13(23,24)25;11-6(12,9(18,19)20)3-5(1-2-8(15,16)17)4-7(13,14)10(21,22)23;8-5(9,10)1-4(2-6(11,12)13)3-7(14,15)16/h2-7H2,1H3;1-4H2;1-3H2/q3*-1. The van der Waals surface area contributed by atoms with Crippen molar-refractivity contribution in [2.45, 2.75) is 169 Å². The molecular weight excluding hydrogens is 1010 g/mol. The summed E-state index contributed by atoms with van der Waals surface area (Å²) in [5, 5.41) is 0. The van der Waals surface area contributed by atoms with Gasteiger partial charge < -0.3 is 11.8 Å². The third-order valence-corrected chi connectivity index (χ3v) is 6.74. The first kappa shape index (κ1) is 65.9. The van der Waals surface area contributed by atoms with E-state index in [1.165, 1.54) is 0 Å². The van der Waals surface area contributed by atoms with Gasteiger partial charge in [-0.15, -0.1) is 25.7 Å². The molecule has 0 saturated heterocycles. The van der Waals surface area contributed by atoms with Crippen molar-refractivity contribution in [3.63, 3.8) is 0 Å². The zero-order valence-electron chi connectivity index (χ0n) is 31.0. The van der Waals surface area contributed by atoms with Gasteiger partial charge in [-0.25, -0.2) is 26.3 Å². The zero-order chi connectivity index (χ0) is 52.4. The summed E-state index contributed by atoms with van der Waals surface area (Å²) >= 11 is 0. The fourth-order valence-corrected chi connectivity index (χ4v) is 4.50. The topological polar surface area (TPSA) is 0 Å². The van der Waals surface area contributed by atoms with Crippen LogP contribution >= 0.6 is 0 Å². The van der Waals surface area contributed by atoms with E-state index in [-0.39, 0.29) is 0 Å². The fraction of sp³-hybridized carbons (Fsp3) is 0.900. The van der Waals surface area contributed by atoms with E-state index in [1.54, 1.807) is 0 Å². The average molecular weight is 1040 g/mol. The summed E-state index contributed by atoms with van der Waals surface area (Å²) in [4.78, 5) is 0. The summed E-state index contributed by atoms with van der Waals surface area (Å²) in [5.41, 5.74) is 0. The summed E-state index contributed by atoms with van der Waals surface area (Å²) in [5.74, 6) is -28.8. The van der Waals surface area contributed by atoms with Gasteiger partial charge in [0.05, 0.1) is 0 Å². The lowest BCUT2D eigenvalue weighted by atomic mass is 9.87. The molecule has 0 atom stereocenters. The maximum absolute atomic E-state index is 13.3. The van der Waals surface area contributed by atoms with Crippen molar-refractivity contribution >= 4 is 0 Å². The van der Waals surface area contributed by atoms with Crippen LogP contribution in [0.5, 0.6) is 0 Å². The summed E-state index contributed by atoms with van der Waals surface area (Å²) in [7, 11) is 0. The van der Waals surface area contributed by atoms with Gasteiger partial charge in [0.25, 0.3) is 0 Å². The molecule has 0 amide bonds. The number of rotatable bonds is 18. The molecule has 0 fully saturated rings. The molecule has 0 aliphatic carbocycles. The van der Waals surface area contributed by atoms with Gasteiger partial charge in [-0.3, -0.25) is 5.92 Å². The van der Waals surface area contributed by atoms with E-state index in [4.69, 9.17) is 0 Å². The molecule has 0 aromatic carbocycles. The Balaban J connectivity index is -0.000000893. The number of alkyl halides is 34. The first-order chi connectivity index (χ1) is 27.3. The first-order valence-corrected chi connectivity index (χ1v) is 16.2. The van der Waals surface area contributed by atoms with E-state index in [9.17, 15) is 149 Å². The lowest BCUT2D eigenvalue weighted by Crippen LogP contribution is -2.42. The molecule has 0 aliphatic rings. The summed E-state index contributed by atoms with van der Waals surface area (Å²) in [6, 6.07) is 0. The lowest BCUT2D eigenvalue weighted by Gasteiger charge is -2.38. The minimum absolute atomic E-state index is 0.312. The summed E-state index contributed by atoms with van der Waals surface area (Å²) < 4.78 is 414. The predicted molar refractivity (Wildman–Crippen MR) is 149 cm³/mol. The van der Waals surface area contributed by atoms with Crippen molar-refractivity contribution in [2.75, 3.05) is 0 Å². The van der Waals surface area contributed by atoms with Crippen LogP contribution in [0.15, 0.2) is 0 Å². The monoisotopic (exact) mass is 1040 g/mol. The molecule has 34 heteroatoms. The van der Waals surface area contributed by atoms with Crippen LogP contribution in [-0.4, -0.2) is 79.0 Å². The highest BCUT2D eigenvalue weighted by Crippen LogP contribution is 2.49. The molecule has 390 valence electrons. The highest BCUT2D eigenvalue weighted by Gasteiger charge is 2.58. The van der Waals surface area contributed by atoms with E-state index in [0.717, 1.165) is 0 Å². The maximum atomic E-state index is 13.3. The molecule has 0 saturated carbocycles. The van der Waals surface area contributed by atoms with Crippen LogP contribution < -0.4 is 0 Å². The van der Waals surface area contributed by atoms with Gasteiger partial charge in [0.2, 0.25) is 17.8 Å². The summed E-state index contributed by atoms with van der Waals surface area (Å²) in [6.07, 6.45) is -71.2. The molecule has 0 radical (unpaired) electrons. The Morgan fingerprint density at radius 2 is 0.516 bits per heavy atom. The van der Waals surface area contributed by atoms with Crippen molar-refractivity contribution in [3.8, 4) is 0 Å². The minimum Gasteiger partial charge on any atom is -0.302 e. The van der Waals surface area contributed by atoms with Crippen molar-refractivity contribution in [1.29, 1.82) is 0 Å². The third kappa shape index (κ3) is 36.8. The third-order valence-electron chi connectivity index (χ3n) is 6.74. The zero-order valence-corrected chi connectivity index (χ0v) is 31.0. The molecule has 0 aromatic heterocycles. The molecule has 0 bridgehead atoms. The Bertz CT molecular complexity index is 1190. The SMILES string of the molecule is CC(F)(F)CC[C-](CC(F)(F)CC(F)(F)F)CC(F)(F)CC(F)(F)F.FC(F)(F)CC[C-](CC(F)(F)C(F)(F)F)CC(F)(F)C(F)(F)F.FC(F)(F)C[C-](CC(F)(F)F)CC(F)(F)F. The molecule has 0 aliphatic heterocycles. The second kappa shape index (κ2) is 22.6. The van der Waals surface area contributed by atoms with Gasteiger partial charge in [-0.2, -0.15) is 136 Å². The molecule has 0 heterocycles. The van der Waals surface area contributed by atoms with Crippen molar-refractivity contribution in [1.82, 2.24) is 0 Å². The first-order valence-electron chi connectivity index (χ1n) is 16.2. The average Bonchev–Trinajstić information content (AvgIpc) is 2.87. The summed E-state index contributed by atoms with van der Waals surface area (Å²) in [6.45, 7) is 0.312. The Hall–Kier alpha value is -2.38. The van der Waals surface area contributed by atoms with Gasteiger partial charge >= 0.3 is 61.3 Å². The largest absolute Gasteiger partial charge is 0.450 e. The van der Waals surface area contributed by atoms with Crippen molar-refractivity contribution in [2.24, 2.45) is 0 Å². The second-order valence-electron chi connectivity index (χ2n) is 13.7. The fourth-order valence-electron chi connectivity index (χ4n) is 4.50. The molecule has 0 N–H and O–H groups in total. The quantitative estimate of drug-likeness (QED) is 0.0948. The molecule has 0 spiro atoms. The van der Waals surface area contributed by atoms with Crippen LogP contribution in [-0.2, 0) is 0 Å². The Morgan fingerprint density at radius 1 is 0.266 bits per heavy atom. The minimum atomic E-state index is -6.30. The maximum Gasteiger partial charge on any atom is 0.450 e. The van der Waals surface area contributed by atoms with Crippen LogP contribution in [0.25, 0.3) is 0 Å². The lowest BCUT2D eigenvalue weighted by molar-refractivity contribution is -0.292. The molecule has 0 nitrogen and oxygen atoms in total. The Kier molecular flexibility index (Phi) is 23.3. The van der Waals surface area contributed by atoms with Crippen LogP contribution in [0.4, 0.5) is 149 Å². The highest BCUT2D eigenvalue weighted by atomic mass is 19.5. The molecule has 0 rings (SSSR count). The predicted octanol–water partition coefficient (Wildman–Crippen LogP) is 17.4. The molecule has 64 heavy (non-hydrogen) atoms. The van der Waals surface area contributed by atoms with E-state index < -0.39 is 180 Å². The van der Waals surface area contributed by atoms with Crippen LogP contribution in [0.1, 0.15) is 90.4 Å². The van der Waals surface area contributed by atoms with Crippen molar-refractivity contribution < 1.29 is 149 Å². The number of hydrogen-bond acceptors (Lipinski definition) is 0. The van der Waals surface area contributed by atoms with Crippen LogP contribution in [0.3, 0.4) is 0 Å². The molecule has 0 unspecified atom stereocenters. The van der Waals surface area contributed by atoms with Gasteiger partial charge in [0, 0.05) is 6.42 Å². The van der Waals surface area contributed by atoms with Gasteiger partial charge in [0.15, 0.2) is 0 Å². The normalized spacial score (nSPS) is 15.1. The second-order valence-corrected chi connectivity index (χ2v) is 13.7. The smallest absolute Gasteiger partial charge is 0.302 e. The highest BCUT2D eigenvalue weighted by molar-refractivity contribution is 5.03. The van der Waals surface area contributed by atoms with Gasteiger partial charge in [0.1, 0.15) is 12.8 Å².